The van der Waals surface area contributed by atoms with Gasteiger partial charge in [0.15, 0.2) is 5.84 Å². The Morgan fingerprint density at radius 2 is 2.05 bits per heavy atom. The van der Waals surface area contributed by atoms with E-state index in [0.29, 0.717) is 24.2 Å². The van der Waals surface area contributed by atoms with Gasteiger partial charge in [-0.2, -0.15) is 0 Å². The van der Waals surface area contributed by atoms with Crippen LogP contribution in [0.15, 0.2) is 29.4 Å². The second-order valence-corrected chi connectivity index (χ2v) is 4.93. The van der Waals surface area contributed by atoms with Crippen molar-refractivity contribution >= 4 is 11.7 Å². The third kappa shape index (κ3) is 2.54. The van der Waals surface area contributed by atoms with Crippen LogP contribution in [0.4, 0.5) is 0 Å². The molecular formula is C14H19N3O3. The van der Waals surface area contributed by atoms with Gasteiger partial charge in [0.2, 0.25) is 0 Å². The van der Waals surface area contributed by atoms with Crippen LogP contribution < -0.4 is 15.8 Å². The quantitative estimate of drug-likeness (QED) is 0.336. The number of nitrogens with two attached hydrogens (primary N) is 1. The molecule has 1 saturated carbocycles. The highest BCUT2D eigenvalue weighted by Crippen LogP contribution is 2.31. The van der Waals surface area contributed by atoms with Crippen LogP contribution in [0.2, 0.25) is 0 Å². The lowest BCUT2D eigenvalue weighted by atomic mass is 9.95. The molecule has 0 aromatic heterocycles. The number of ether oxygens (including phenoxy) is 1. The van der Waals surface area contributed by atoms with E-state index in [1.165, 1.54) is 7.11 Å². The van der Waals surface area contributed by atoms with E-state index in [2.05, 4.69) is 10.5 Å². The lowest BCUT2D eigenvalue weighted by Gasteiger charge is -2.29. The third-order valence-corrected chi connectivity index (χ3v) is 3.76. The van der Waals surface area contributed by atoms with Gasteiger partial charge >= 0.3 is 0 Å². The largest absolute Gasteiger partial charge is 0.496 e. The highest BCUT2D eigenvalue weighted by Gasteiger charge is 2.40. The molecule has 20 heavy (non-hydrogen) atoms. The van der Waals surface area contributed by atoms with Crippen molar-refractivity contribution in [3.8, 4) is 5.75 Å². The number of oxime groups is 1. The molecular weight excluding hydrogens is 258 g/mol. The number of amides is 1. The van der Waals surface area contributed by atoms with Crippen LogP contribution in [0.5, 0.6) is 5.75 Å². The normalized spacial score (nSPS) is 17.8. The zero-order valence-electron chi connectivity index (χ0n) is 11.4. The monoisotopic (exact) mass is 277 g/mol. The molecule has 0 unspecified atom stereocenters. The van der Waals surface area contributed by atoms with Crippen LogP contribution in [0, 0.1) is 0 Å². The number of carbonyl (C=O) groups is 1. The number of amidine groups is 1. The zero-order chi connectivity index (χ0) is 14.6. The number of benzene rings is 1. The summed E-state index contributed by atoms with van der Waals surface area (Å²) < 4.78 is 5.18. The fourth-order valence-corrected chi connectivity index (χ4v) is 2.64. The maximum absolute atomic E-state index is 12.4. The number of rotatable bonds is 4. The highest BCUT2D eigenvalue weighted by molar-refractivity contribution is 6.02. The van der Waals surface area contributed by atoms with E-state index in [1.807, 2.05) is 0 Å². The summed E-state index contributed by atoms with van der Waals surface area (Å²) in [6.07, 6.45) is 3.21. The lowest BCUT2D eigenvalue weighted by Crippen LogP contribution is -2.55. The van der Waals surface area contributed by atoms with Crippen molar-refractivity contribution in [2.24, 2.45) is 10.9 Å². The SMILES string of the molecule is COc1ccccc1C(=O)NC1(/C(N)=N/O)CCCC1. The average Bonchev–Trinajstić information content (AvgIpc) is 2.95. The second-order valence-electron chi connectivity index (χ2n) is 4.93. The third-order valence-electron chi connectivity index (χ3n) is 3.76. The first kappa shape index (κ1) is 14.2. The van der Waals surface area contributed by atoms with Crippen molar-refractivity contribution in [3.63, 3.8) is 0 Å². The van der Waals surface area contributed by atoms with Gasteiger partial charge in [0.25, 0.3) is 5.91 Å². The first-order valence-electron chi connectivity index (χ1n) is 6.56. The van der Waals surface area contributed by atoms with Gasteiger partial charge in [-0.3, -0.25) is 4.79 Å². The van der Waals surface area contributed by atoms with Crippen molar-refractivity contribution in [2.45, 2.75) is 31.2 Å². The van der Waals surface area contributed by atoms with Gasteiger partial charge in [-0.05, 0) is 25.0 Å². The Morgan fingerprint density at radius 3 is 2.65 bits per heavy atom. The molecule has 0 saturated heterocycles. The molecule has 0 radical (unpaired) electrons. The molecule has 0 atom stereocenters. The molecule has 1 aromatic rings. The van der Waals surface area contributed by atoms with Crippen LogP contribution in [0.1, 0.15) is 36.0 Å². The van der Waals surface area contributed by atoms with E-state index in [0.717, 1.165) is 12.8 Å². The molecule has 6 heteroatoms. The van der Waals surface area contributed by atoms with E-state index < -0.39 is 5.54 Å². The molecule has 4 N–H and O–H groups in total. The number of carbonyl (C=O) groups excluding carboxylic acids is 1. The topological polar surface area (TPSA) is 96.9 Å². The van der Waals surface area contributed by atoms with Gasteiger partial charge in [0, 0.05) is 0 Å². The molecule has 1 aliphatic rings. The van der Waals surface area contributed by atoms with Crippen LogP contribution in [-0.2, 0) is 0 Å². The number of hydrogen-bond acceptors (Lipinski definition) is 4. The van der Waals surface area contributed by atoms with Gasteiger partial charge < -0.3 is 21.0 Å². The number of para-hydroxylation sites is 1. The van der Waals surface area contributed by atoms with Gasteiger partial charge in [-0.15, -0.1) is 0 Å². The Morgan fingerprint density at radius 1 is 1.40 bits per heavy atom. The Balaban J connectivity index is 2.25. The van der Waals surface area contributed by atoms with Crippen LogP contribution in [-0.4, -0.2) is 29.6 Å². The Hall–Kier alpha value is -2.24. The molecule has 0 bridgehead atoms. The number of nitrogens with one attached hydrogen (secondary N) is 1. The maximum Gasteiger partial charge on any atom is 0.255 e. The van der Waals surface area contributed by atoms with Crippen molar-refractivity contribution in [1.82, 2.24) is 5.32 Å². The first-order chi connectivity index (χ1) is 9.63. The van der Waals surface area contributed by atoms with Gasteiger partial charge in [0.05, 0.1) is 12.7 Å². The van der Waals surface area contributed by atoms with E-state index in [1.54, 1.807) is 24.3 Å². The molecule has 0 spiro atoms. The summed E-state index contributed by atoms with van der Waals surface area (Å²) in [6.45, 7) is 0. The fraction of sp³-hybridized carbons (Fsp3) is 0.429. The Kier molecular flexibility index (Phi) is 4.12. The molecule has 1 aliphatic carbocycles. The summed E-state index contributed by atoms with van der Waals surface area (Å²) in [6, 6.07) is 6.97. The van der Waals surface area contributed by atoms with Crippen molar-refractivity contribution in [3.05, 3.63) is 29.8 Å². The zero-order valence-corrected chi connectivity index (χ0v) is 11.4. The summed E-state index contributed by atoms with van der Waals surface area (Å²) in [5.74, 6) is 0.270. The minimum Gasteiger partial charge on any atom is -0.496 e. The van der Waals surface area contributed by atoms with Crippen molar-refractivity contribution in [1.29, 1.82) is 0 Å². The molecule has 108 valence electrons. The standard InChI is InChI=1S/C14H19N3O3/c1-20-11-7-3-2-6-10(11)12(18)16-14(13(15)17-19)8-4-5-9-14/h2-3,6-7,19H,4-5,8-9H2,1H3,(H2,15,17)(H,16,18). The predicted octanol–water partition coefficient (Wildman–Crippen LogP) is 1.48. The smallest absolute Gasteiger partial charge is 0.255 e. The lowest BCUT2D eigenvalue weighted by molar-refractivity contribution is 0.0919. The maximum atomic E-state index is 12.4. The van der Waals surface area contributed by atoms with Crippen LogP contribution in [0.25, 0.3) is 0 Å². The molecule has 2 rings (SSSR count). The van der Waals surface area contributed by atoms with E-state index in [4.69, 9.17) is 15.7 Å². The van der Waals surface area contributed by atoms with E-state index in [9.17, 15) is 4.79 Å². The minimum atomic E-state index is -0.757. The van der Waals surface area contributed by atoms with Crippen LogP contribution in [0.3, 0.4) is 0 Å². The fourth-order valence-electron chi connectivity index (χ4n) is 2.64. The summed E-state index contributed by atoms with van der Waals surface area (Å²) in [5, 5.41) is 14.9. The number of methoxy groups -OCH3 is 1. The molecule has 1 amide bonds. The molecule has 1 aromatic carbocycles. The van der Waals surface area contributed by atoms with Gasteiger partial charge in [-0.25, -0.2) is 0 Å². The van der Waals surface area contributed by atoms with Gasteiger partial charge in [-0.1, -0.05) is 30.1 Å². The van der Waals surface area contributed by atoms with Crippen molar-refractivity contribution in [2.75, 3.05) is 7.11 Å². The van der Waals surface area contributed by atoms with E-state index in [-0.39, 0.29) is 11.7 Å². The van der Waals surface area contributed by atoms with E-state index >= 15 is 0 Å². The molecule has 0 heterocycles. The minimum absolute atomic E-state index is 0.0539. The highest BCUT2D eigenvalue weighted by atomic mass is 16.5. The Bertz CT molecular complexity index is 522. The number of hydrogen-bond donors (Lipinski definition) is 3. The molecule has 0 aliphatic heterocycles. The summed E-state index contributed by atoms with van der Waals surface area (Å²) in [4.78, 5) is 12.4. The first-order valence-corrected chi connectivity index (χ1v) is 6.56. The summed E-state index contributed by atoms with van der Waals surface area (Å²) >= 11 is 0. The number of nitrogens with zero attached hydrogens (tertiary/aromatic N) is 1. The summed E-state index contributed by atoms with van der Waals surface area (Å²) in [5.41, 5.74) is 5.44. The molecule has 1 fully saturated rings. The van der Waals surface area contributed by atoms with Crippen molar-refractivity contribution < 1.29 is 14.7 Å². The Labute approximate surface area is 117 Å². The molecule has 6 nitrogen and oxygen atoms in total. The second kappa shape index (κ2) is 5.81. The van der Waals surface area contributed by atoms with Crippen LogP contribution >= 0.6 is 0 Å². The summed E-state index contributed by atoms with van der Waals surface area (Å²) in [7, 11) is 1.51. The van der Waals surface area contributed by atoms with Gasteiger partial charge in [0.1, 0.15) is 11.3 Å². The average molecular weight is 277 g/mol. The predicted molar refractivity (Wildman–Crippen MR) is 75.1 cm³/mol.